The van der Waals surface area contributed by atoms with E-state index in [-0.39, 0.29) is 10.8 Å². The van der Waals surface area contributed by atoms with Gasteiger partial charge >= 0.3 is 0 Å². The second-order valence-corrected chi connectivity index (χ2v) is 7.37. The molecule has 104 valence electrons. The zero-order valence-electron chi connectivity index (χ0n) is 13.6. The van der Waals surface area contributed by atoms with Gasteiger partial charge in [0.05, 0.1) is 0 Å². The minimum absolute atomic E-state index is 0.00990. The molecule has 1 aliphatic carbocycles. The van der Waals surface area contributed by atoms with E-state index < -0.39 is 0 Å². The maximum atomic E-state index is 13.0. The van der Waals surface area contributed by atoms with Crippen LogP contribution in [0, 0.1) is 38.5 Å². The smallest absolute Gasteiger partial charge is 0.169 e. The first-order valence-corrected chi connectivity index (χ1v) is 7.16. The van der Waals surface area contributed by atoms with Gasteiger partial charge in [-0.2, -0.15) is 0 Å². The van der Waals surface area contributed by atoms with E-state index in [2.05, 4.69) is 55.4 Å². The lowest BCUT2D eigenvalue weighted by Crippen LogP contribution is -2.46. The fourth-order valence-corrected chi connectivity index (χ4v) is 3.20. The lowest BCUT2D eigenvalue weighted by atomic mass is 9.56. The summed E-state index contributed by atoms with van der Waals surface area (Å²) in [6, 6.07) is 0. The van der Waals surface area contributed by atoms with Crippen molar-refractivity contribution in [3.63, 3.8) is 0 Å². The van der Waals surface area contributed by atoms with Crippen LogP contribution in [-0.4, -0.2) is 5.78 Å². The fourth-order valence-electron chi connectivity index (χ4n) is 3.20. The first-order chi connectivity index (χ1) is 8.52. The second kappa shape index (κ2) is 3.94. The predicted molar refractivity (Wildman–Crippen MR) is 81.0 cm³/mol. The summed E-state index contributed by atoms with van der Waals surface area (Å²) < 4.78 is 0. The number of carbonyl (C=O) groups is 1. The van der Waals surface area contributed by atoms with Gasteiger partial charge in [0.25, 0.3) is 0 Å². The van der Waals surface area contributed by atoms with Crippen LogP contribution >= 0.6 is 0 Å². The van der Waals surface area contributed by atoms with Gasteiger partial charge in [-0.05, 0) is 67.3 Å². The average molecular weight is 258 g/mol. The summed E-state index contributed by atoms with van der Waals surface area (Å²) in [7, 11) is 0. The van der Waals surface area contributed by atoms with Crippen LogP contribution in [0.3, 0.4) is 0 Å². The van der Waals surface area contributed by atoms with Crippen LogP contribution in [0.4, 0.5) is 0 Å². The topological polar surface area (TPSA) is 17.1 Å². The van der Waals surface area contributed by atoms with Gasteiger partial charge in [-0.25, -0.2) is 0 Å². The molecule has 0 amide bonds. The molecule has 1 nitrogen and oxygen atoms in total. The highest BCUT2D eigenvalue weighted by Gasteiger charge is 2.48. The molecule has 1 aromatic rings. The van der Waals surface area contributed by atoms with E-state index >= 15 is 0 Å². The van der Waals surface area contributed by atoms with Crippen LogP contribution in [0.1, 0.15) is 65.9 Å². The lowest BCUT2D eigenvalue weighted by molar-refractivity contribution is 0.0530. The third kappa shape index (κ3) is 1.70. The quantitative estimate of drug-likeness (QED) is 0.658. The molecule has 0 bridgehead atoms. The van der Waals surface area contributed by atoms with Crippen molar-refractivity contribution in [1.29, 1.82) is 0 Å². The van der Waals surface area contributed by atoms with Crippen molar-refractivity contribution in [2.45, 2.75) is 61.8 Å². The summed E-state index contributed by atoms with van der Waals surface area (Å²) in [5, 5.41) is 0. The highest BCUT2D eigenvalue weighted by atomic mass is 16.1. The lowest BCUT2D eigenvalue weighted by Gasteiger charge is -2.46. The van der Waals surface area contributed by atoms with E-state index in [4.69, 9.17) is 0 Å². The van der Waals surface area contributed by atoms with Gasteiger partial charge in [0.15, 0.2) is 5.78 Å². The van der Waals surface area contributed by atoms with Crippen LogP contribution in [0.15, 0.2) is 0 Å². The van der Waals surface area contributed by atoms with Crippen molar-refractivity contribution in [3.8, 4) is 0 Å². The Balaban J connectivity index is 2.85. The van der Waals surface area contributed by atoms with Gasteiger partial charge in [0.1, 0.15) is 0 Å². The third-order valence-corrected chi connectivity index (χ3v) is 5.92. The average Bonchev–Trinajstić information content (AvgIpc) is 2.31. The highest BCUT2D eigenvalue weighted by molar-refractivity contribution is 6.05. The normalized spacial score (nSPS) is 20.3. The van der Waals surface area contributed by atoms with Crippen molar-refractivity contribution in [2.75, 3.05) is 0 Å². The van der Waals surface area contributed by atoms with Gasteiger partial charge < -0.3 is 0 Å². The van der Waals surface area contributed by atoms with Gasteiger partial charge in [-0.15, -0.1) is 0 Å². The molecule has 0 aromatic heterocycles. The van der Waals surface area contributed by atoms with Crippen LogP contribution in [0.5, 0.6) is 0 Å². The maximum Gasteiger partial charge on any atom is 0.169 e. The van der Waals surface area contributed by atoms with Gasteiger partial charge in [-0.3, -0.25) is 4.79 Å². The molecule has 0 radical (unpaired) electrons. The largest absolute Gasteiger partial charge is 0.294 e. The number of hydrogen-bond donors (Lipinski definition) is 0. The van der Waals surface area contributed by atoms with Crippen molar-refractivity contribution in [2.24, 2.45) is 10.8 Å². The second-order valence-electron chi connectivity index (χ2n) is 7.37. The van der Waals surface area contributed by atoms with Crippen LogP contribution in [-0.2, 0) is 6.42 Å². The third-order valence-electron chi connectivity index (χ3n) is 5.92. The highest BCUT2D eigenvalue weighted by Crippen LogP contribution is 2.50. The summed E-state index contributed by atoms with van der Waals surface area (Å²) >= 11 is 0. The Kier molecular flexibility index (Phi) is 2.97. The molecule has 0 N–H and O–H groups in total. The van der Waals surface area contributed by atoms with Crippen LogP contribution in [0.2, 0.25) is 0 Å². The molecule has 1 aromatic carbocycles. The molecule has 0 unspecified atom stereocenters. The molecule has 0 fully saturated rings. The zero-order valence-corrected chi connectivity index (χ0v) is 13.6. The summed E-state index contributed by atoms with van der Waals surface area (Å²) in [6.07, 6.45) is 0.995. The fraction of sp³-hybridized carbons (Fsp3) is 0.611. The molecule has 0 heterocycles. The molecule has 0 aliphatic heterocycles. The molecule has 0 spiro atoms. The SMILES string of the molecule is Cc1c(C)c(C)c2c(c1C)CC(C)(C)C(C)(C)C2=O. The standard InChI is InChI=1S/C18H26O/c1-10-11(2)13(4)15-14(12(10)3)9-17(5,6)18(7,8)16(15)19/h9H2,1-8H3. The minimum Gasteiger partial charge on any atom is -0.294 e. The summed E-state index contributed by atoms with van der Waals surface area (Å²) in [4.78, 5) is 13.0. The van der Waals surface area contributed by atoms with E-state index in [1.807, 2.05) is 0 Å². The maximum absolute atomic E-state index is 13.0. The first kappa shape index (κ1) is 14.3. The molecular formula is C18H26O. The van der Waals surface area contributed by atoms with Crippen LogP contribution < -0.4 is 0 Å². The number of ketones is 1. The summed E-state index contributed by atoms with van der Waals surface area (Å²) in [6.45, 7) is 17.2. The van der Waals surface area contributed by atoms with E-state index in [1.165, 1.54) is 27.8 Å². The number of carbonyl (C=O) groups excluding carboxylic acids is 1. The van der Waals surface area contributed by atoms with E-state index in [0.717, 1.165) is 12.0 Å². The number of benzene rings is 1. The Morgan fingerprint density at radius 2 is 1.26 bits per heavy atom. The number of Topliss-reactive ketones (excluding diaryl/α,β-unsaturated/α-hetero) is 1. The van der Waals surface area contributed by atoms with E-state index in [9.17, 15) is 4.79 Å². The molecule has 0 saturated carbocycles. The Bertz CT molecular complexity index is 574. The Morgan fingerprint density at radius 1 is 0.789 bits per heavy atom. The number of fused-ring (bicyclic) bond motifs is 1. The molecule has 1 heteroatoms. The van der Waals surface area contributed by atoms with Crippen molar-refractivity contribution in [3.05, 3.63) is 33.4 Å². The van der Waals surface area contributed by atoms with E-state index in [1.54, 1.807) is 0 Å². The van der Waals surface area contributed by atoms with Crippen molar-refractivity contribution >= 4 is 5.78 Å². The first-order valence-electron chi connectivity index (χ1n) is 7.16. The molecule has 0 atom stereocenters. The Labute approximate surface area is 117 Å². The van der Waals surface area contributed by atoms with Crippen LogP contribution in [0.25, 0.3) is 0 Å². The molecule has 0 saturated heterocycles. The summed E-state index contributed by atoms with van der Waals surface area (Å²) in [5.41, 5.74) is 7.13. The minimum atomic E-state index is -0.293. The van der Waals surface area contributed by atoms with Gasteiger partial charge in [-0.1, -0.05) is 27.7 Å². The molecular weight excluding hydrogens is 232 g/mol. The molecule has 19 heavy (non-hydrogen) atoms. The zero-order chi connectivity index (χ0) is 14.7. The van der Waals surface area contributed by atoms with E-state index in [0.29, 0.717) is 5.78 Å². The molecule has 2 rings (SSSR count). The number of rotatable bonds is 0. The van der Waals surface area contributed by atoms with Crippen molar-refractivity contribution in [1.82, 2.24) is 0 Å². The number of hydrogen-bond acceptors (Lipinski definition) is 1. The van der Waals surface area contributed by atoms with Gasteiger partial charge in [0.2, 0.25) is 0 Å². The Hall–Kier alpha value is -1.11. The predicted octanol–water partition coefficient (Wildman–Crippen LogP) is 4.71. The van der Waals surface area contributed by atoms with Crippen molar-refractivity contribution < 1.29 is 4.79 Å². The Morgan fingerprint density at radius 3 is 1.79 bits per heavy atom. The summed E-state index contributed by atoms with van der Waals surface area (Å²) in [5.74, 6) is 0.322. The van der Waals surface area contributed by atoms with Gasteiger partial charge in [0, 0.05) is 11.0 Å². The monoisotopic (exact) mass is 258 g/mol. The molecule has 1 aliphatic rings.